The highest BCUT2D eigenvalue weighted by Crippen LogP contribution is 2.17. The minimum Gasteiger partial charge on any atom is -0.444 e. The number of aliphatic hydroxyl groups excluding tert-OH is 1. The first-order chi connectivity index (χ1) is 20.7. The van der Waals surface area contributed by atoms with Crippen LogP contribution in [0.1, 0.15) is 37.5 Å². The van der Waals surface area contributed by atoms with Crippen molar-refractivity contribution in [3.63, 3.8) is 0 Å². The number of carbonyl (C=O) groups excluding carboxylic acids is 2. The van der Waals surface area contributed by atoms with Crippen LogP contribution in [0.2, 0.25) is 0 Å². The van der Waals surface area contributed by atoms with Crippen molar-refractivity contribution in [3.05, 3.63) is 126 Å². The average molecular weight is 583 g/mol. The Balaban J connectivity index is 1.61. The van der Waals surface area contributed by atoms with Gasteiger partial charge in [0.2, 0.25) is 5.91 Å². The second-order valence-corrected chi connectivity index (χ2v) is 11.9. The van der Waals surface area contributed by atoms with Crippen LogP contribution in [-0.2, 0) is 35.3 Å². The van der Waals surface area contributed by atoms with Crippen LogP contribution in [0.3, 0.4) is 0 Å². The summed E-state index contributed by atoms with van der Waals surface area (Å²) in [4.78, 5) is 26.9. The van der Waals surface area contributed by atoms with Gasteiger partial charge in [0.1, 0.15) is 5.60 Å². The zero-order chi connectivity index (χ0) is 30.7. The topological polar surface area (TPSA) is 105 Å². The molecule has 4 unspecified atom stereocenters. The quantitative estimate of drug-likeness (QED) is 0.207. The van der Waals surface area contributed by atoms with E-state index in [1.54, 1.807) is 31.6 Å². The van der Waals surface area contributed by atoms with Crippen molar-refractivity contribution in [2.24, 2.45) is 5.92 Å². The number of aliphatic hydroxyl groups is 1. The summed E-state index contributed by atoms with van der Waals surface area (Å²) in [5.74, 6) is -0.644. The smallest absolute Gasteiger partial charge is 0.407 e. The molecule has 0 aliphatic heterocycles. The molecule has 0 aliphatic carbocycles. The molecule has 0 radical (unpaired) electrons. The van der Waals surface area contributed by atoms with Crippen LogP contribution in [0.4, 0.5) is 4.79 Å². The van der Waals surface area contributed by atoms with E-state index in [-0.39, 0.29) is 5.91 Å². The van der Waals surface area contributed by atoms with E-state index in [1.807, 2.05) is 103 Å². The third-order valence-corrected chi connectivity index (χ3v) is 7.11. The Morgan fingerprint density at radius 1 is 0.767 bits per heavy atom. The van der Waals surface area contributed by atoms with Gasteiger partial charge in [-0.1, -0.05) is 91.0 Å². The summed E-state index contributed by atoms with van der Waals surface area (Å²) in [6.45, 7) is 5.76. The van der Waals surface area contributed by atoms with Crippen LogP contribution in [-0.4, -0.2) is 50.7 Å². The number of hydrogen-bond acceptors (Lipinski definition) is 5. The Hall–Kier alpha value is -4.43. The largest absolute Gasteiger partial charge is 0.444 e. The lowest BCUT2D eigenvalue weighted by Crippen LogP contribution is -2.57. The number of benzene rings is 3. The molecule has 4 atom stereocenters. The van der Waals surface area contributed by atoms with Gasteiger partial charge in [-0.3, -0.25) is 9.48 Å². The zero-order valence-electron chi connectivity index (χ0n) is 25.1. The van der Waals surface area contributed by atoms with Gasteiger partial charge in [0.15, 0.2) is 0 Å². The molecular weight excluding hydrogens is 540 g/mol. The number of amides is 2. The maximum absolute atomic E-state index is 14.0. The molecule has 1 aromatic heterocycles. The summed E-state index contributed by atoms with van der Waals surface area (Å²) in [6.07, 6.45) is 3.00. The van der Waals surface area contributed by atoms with Crippen LogP contribution >= 0.6 is 0 Å². The minimum atomic E-state index is -1.13. The van der Waals surface area contributed by atoms with Gasteiger partial charge in [0, 0.05) is 12.4 Å². The molecule has 226 valence electrons. The van der Waals surface area contributed by atoms with Gasteiger partial charge in [0.05, 0.1) is 30.7 Å². The molecule has 0 saturated carbocycles. The van der Waals surface area contributed by atoms with Crippen molar-refractivity contribution >= 4 is 12.0 Å². The van der Waals surface area contributed by atoms with Crippen LogP contribution < -0.4 is 10.6 Å². The van der Waals surface area contributed by atoms with Gasteiger partial charge in [-0.05, 0) is 62.8 Å². The lowest BCUT2D eigenvalue weighted by molar-refractivity contribution is -0.127. The fraction of sp³-hybridized carbons (Fsp3) is 0.343. The van der Waals surface area contributed by atoms with Crippen molar-refractivity contribution in [2.45, 2.75) is 70.4 Å². The Kier molecular flexibility index (Phi) is 11.1. The number of rotatable bonds is 13. The number of hydrogen-bond donors (Lipinski definition) is 3. The van der Waals surface area contributed by atoms with Gasteiger partial charge in [-0.2, -0.15) is 5.10 Å². The number of nitrogens with one attached hydrogen (secondary N) is 2. The third kappa shape index (κ3) is 10.4. The number of ether oxygens (including phenoxy) is 1. The molecule has 0 saturated heterocycles. The standard InChI is InChI=1S/C35H42N4O4/c1-35(2,3)43-34(42)38-31(24-28-18-11-6-12-19-28)32(40)30(23-27-16-9-5-10-17-27)37-33(41)29(25-39-21-13-20-36-39)22-26-14-7-4-8-15-26/h4-21,29-32,40H,22-25H2,1-3H3,(H,37,41)(H,38,42). The number of alkyl carbamates (subject to hydrolysis) is 1. The third-order valence-electron chi connectivity index (χ3n) is 7.11. The molecule has 8 nitrogen and oxygen atoms in total. The van der Waals surface area contributed by atoms with E-state index in [0.29, 0.717) is 25.8 Å². The van der Waals surface area contributed by atoms with Crippen molar-refractivity contribution in [1.82, 2.24) is 20.4 Å². The van der Waals surface area contributed by atoms with E-state index in [4.69, 9.17) is 4.74 Å². The molecule has 0 fully saturated rings. The first kappa shape index (κ1) is 31.5. The molecule has 3 aromatic carbocycles. The Labute approximate surface area is 254 Å². The molecule has 4 aromatic rings. The Morgan fingerprint density at radius 2 is 1.26 bits per heavy atom. The molecule has 1 heterocycles. The van der Waals surface area contributed by atoms with E-state index in [0.717, 1.165) is 16.7 Å². The van der Waals surface area contributed by atoms with Crippen LogP contribution in [0.5, 0.6) is 0 Å². The summed E-state index contributed by atoms with van der Waals surface area (Å²) in [5, 5.41) is 22.3. The van der Waals surface area contributed by atoms with E-state index >= 15 is 0 Å². The average Bonchev–Trinajstić information content (AvgIpc) is 3.50. The van der Waals surface area contributed by atoms with Gasteiger partial charge >= 0.3 is 6.09 Å². The van der Waals surface area contributed by atoms with Gasteiger partial charge in [-0.15, -0.1) is 0 Å². The SMILES string of the molecule is CC(C)(C)OC(=O)NC(Cc1ccccc1)C(O)C(Cc1ccccc1)NC(=O)C(Cc1ccccc1)Cn1cccn1. The highest BCUT2D eigenvalue weighted by molar-refractivity contribution is 5.79. The van der Waals surface area contributed by atoms with E-state index in [2.05, 4.69) is 15.7 Å². The second kappa shape index (κ2) is 15.2. The molecule has 4 rings (SSSR count). The first-order valence-electron chi connectivity index (χ1n) is 14.7. The number of aromatic nitrogens is 2. The lowest BCUT2D eigenvalue weighted by Gasteiger charge is -2.33. The lowest BCUT2D eigenvalue weighted by atomic mass is 9.91. The van der Waals surface area contributed by atoms with Crippen molar-refractivity contribution in [2.75, 3.05) is 0 Å². The van der Waals surface area contributed by atoms with Crippen LogP contribution in [0.15, 0.2) is 109 Å². The van der Waals surface area contributed by atoms with Gasteiger partial charge in [-0.25, -0.2) is 4.79 Å². The molecule has 3 N–H and O–H groups in total. The molecule has 0 bridgehead atoms. The highest BCUT2D eigenvalue weighted by Gasteiger charge is 2.33. The van der Waals surface area contributed by atoms with E-state index in [9.17, 15) is 14.7 Å². The van der Waals surface area contributed by atoms with Crippen molar-refractivity contribution in [3.8, 4) is 0 Å². The maximum atomic E-state index is 14.0. The number of nitrogens with zero attached hydrogens (tertiary/aromatic N) is 2. The Morgan fingerprint density at radius 3 is 1.72 bits per heavy atom. The summed E-state index contributed by atoms with van der Waals surface area (Å²) in [7, 11) is 0. The predicted molar refractivity (Wildman–Crippen MR) is 167 cm³/mol. The molecule has 2 amide bonds. The summed E-state index contributed by atoms with van der Waals surface area (Å²) >= 11 is 0. The zero-order valence-corrected chi connectivity index (χ0v) is 25.1. The maximum Gasteiger partial charge on any atom is 0.407 e. The second-order valence-electron chi connectivity index (χ2n) is 11.9. The summed E-state index contributed by atoms with van der Waals surface area (Å²) < 4.78 is 7.29. The molecular formula is C35H42N4O4. The molecule has 0 aliphatic rings. The summed E-state index contributed by atoms with van der Waals surface area (Å²) in [5.41, 5.74) is 2.21. The van der Waals surface area contributed by atoms with Crippen LogP contribution in [0.25, 0.3) is 0 Å². The highest BCUT2D eigenvalue weighted by atomic mass is 16.6. The molecule has 8 heteroatoms. The van der Waals surface area contributed by atoms with E-state index < -0.39 is 35.8 Å². The fourth-order valence-electron chi connectivity index (χ4n) is 5.06. The van der Waals surface area contributed by atoms with Gasteiger partial charge < -0.3 is 20.5 Å². The normalized spacial score (nSPS) is 14.2. The van der Waals surface area contributed by atoms with Crippen molar-refractivity contribution in [1.29, 1.82) is 0 Å². The first-order valence-corrected chi connectivity index (χ1v) is 14.7. The van der Waals surface area contributed by atoms with Crippen molar-refractivity contribution < 1.29 is 19.4 Å². The molecule has 43 heavy (non-hydrogen) atoms. The summed E-state index contributed by atoms with van der Waals surface area (Å²) in [6, 6.07) is 29.6. The van der Waals surface area contributed by atoms with E-state index in [1.165, 1.54) is 0 Å². The van der Waals surface area contributed by atoms with Crippen LogP contribution in [0, 0.1) is 5.92 Å². The minimum absolute atomic E-state index is 0.199. The Bertz CT molecular complexity index is 1390. The monoisotopic (exact) mass is 582 g/mol. The predicted octanol–water partition coefficient (Wildman–Crippen LogP) is 4.97. The fourth-order valence-corrected chi connectivity index (χ4v) is 5.06. The van der Waals surface area contributed by atoms with Gasteiger partial charge in [0.25, 0.3) is 0 Å². The molecule has 0 spiro atoms. The number of carbonyl (C=O) groups is 2.